The Labute approximate surface area is 72.2 Å². The first-order valence-corrected chi connectivity index (χ1v) is 5.24. The predicted octanol–water partition coefficient (Wildman–Crippen LogP) is 0.168. The van der Waals surface area contributed by atoms with Crippen LogP contribution in [0.5, 0.6) is 0 Å². The number of alkyl halides is 1. The van der Waals surface area contributed by atoms with Crippen molar-refractivity contribution in [1.29, 1.82) is 0 Å². The first-order valence-electron chi connectivity index (χ1n) is 3.05. The molecule has 0 saturated carbocycles. The number of nitrogens with one attached hydrogen (secondary N) is 1. The van der Waals surface area contributed by atoms with Crippen molar-refractivity contribution < 1.29 is 8.42 Å². The molecule has 0 aliphatic heterocycles. The second-order valence-electron chi connectivity index (χ2n) is 1.76. The fourth-order valence-corrected chi connectivity index (χ4v) is 1.66. The van der Waals surface area contributed by atoms with Gasteiger partial charge >= 0.3 is 0 Å². The molecule has 0 unspecified atom stereocenters. The van der Waals surface area contributed by atoms with E-state index in [1.165, 1.54) is 0 Å². The molecule has 5 heteroatoms. The lowest BCUT2D eigenvalue weighted by molar-refractivity contribution is 0.587. The zero-order chi connectivity index (χ0) is 8.74. The lowest BCUT2D eigenvalue weighted by Gasteiger charge is -1.98. The van der Waals surface area contributed by atoms with E-state index < -0.39 is 10.0 Å². The van der Waals surface area contributed by atoms with E-state index in [-0.39, 0.29) is 18.2 Å². The third-order valence-corrected chi connectivity index (χ3v) is 2.64. The molecule has 0 bridgehead atoms. The van der Waals surface area contributed by atoms with Crippen LogP contribution in [0, 0.1) is 11.8 Å². The lowest BCUT2D eigenvalue weighted by atomic mass is 10.6. The van der Waals surface area contributed by atoms with Gasteiger partial charge in [-0.05, 0) is 6.92 Å². The number of sulfonamides is 1. The molecule has 0 fully saturated rings. The van der Waals surface area contributed by atoms with Gasteiger partial charge < -0.3 is 0 Å². The van der Waals surface area contributed by atoms with Gasteiger partial charge in [-0.3, -0.25) is 0 Å². The van der Waals surface area contributed by atoms with E-state index in [1.807, 2.05) is 0 Å². The van der Waals surface area contributed by atoms with Crippen LogP contribution in [-0.4, -0.2) is 26.6 Å². The van der Waals surface area contributed by atoms with Crippen LogP contribution in [0.15, 0.2) is 0 Å². The Morgan fingerprint density at radius 3 is 2.64 bits per heavy atom. The van der Waals surface area contributed by atoms with E-state index in [2.05, 4.69) is 16.6 Å². The quantitative estimate of drug-likeness (QED) is 0.514. The Morgan fingerprint density at radius 2 is 2.18 bits per heavy atom. The second kappa shape index (κ2) is 5.42. The van der Waals surface area contributed by atoms with Gasteiger partial charge in [-0.15, -0.1) is 17.5 Å². The van der Waals surface area contributed by atoms with Gasteiger partial charge in [-0.25, -0.2) is 13.1 Å². The van der Waals surface area contributed by atoms with Crippen molar-refractivity contribution in [3.63, 3.8) is 0 Å². The third-order valence-electron chi connectivity index (χ3n) is 0.903. The van der Waals surface area contributed by atoms with E-state index >= 15 is 0 Å². The van der Waals surface area contributed by atoms with Crippen molar-refractivity contribution in [2.45, 2.75) is 6.92 Å². The fourth-order valence-electron chi connectivity index (χ4n) is 0.408. The molecule has 0 heterocycles. The van der Waals surface area contributed by atoms with Crippen molar-refractivity contribution in [2.24, 2.45) is 0 Å². The van der Waals surface area contributed by atoms with Crippen molar-refractivity contribution >= 4 is 21.6 Å². The highest BCUT2D eigenvalue weighted by Crippen LogP contribution is 1.85. The summed E-state index contributed by atoms with van der Waals surface area (Å²) in [5, 5.41) is 0. The van der Waals surface area contributed by atoms with Crippen LogP contribution >= 0.6 is 11.6 Å². The lowest BCUT2D eigenvalue weighted by Crippen LogP contribution is -2.27. The molecule has 0 spiro atoms. The summed E-state index contributed by atoms with van der Waals surface area (Å²) in [4.78, 5) is 0. The number of hydrogen-bond acceptors (Lipinski definition) is 2. The summed E-state index contributed by atoms with van der Waals surface area (Å²) in [5.74, 6) is 5.20. The van der Waals surface area contributed by atoms with E-state index in [0.29, 0.717) is 0 Å². The van der Waals surface area contributed by atoms with Crippen LogP contribution in [0.3, 0.4) is 0 Å². The monoisotopic (exact) mass is 195 g/mol. The van der Waals surface area contributed by atoms with Gasteiger partial charge in [0.05, 0.1) is 12.3 Å². The maximum atomic E-state index is 10.8. The highest BCUT2D eigenvalue weighted by molar-refractivity contribution is 7.89. The highest BCUT2D eigenvalue weighted by Gasteiger charge is 2.05. The van der Waals surface area contributed by atoms with Crippen LogP contribution in [0.1, 0.15) is 6.92 Å². The molecule has 0 aliphatic rings. The van der Waals surface area contributed by atoms with Gasteiger partial charge in [-0.2, -0.15) is 0 Å². The average Bonchev–Trinajstić information content (AvgIpc) is 1.87. The molecule has 0 atom stereocenters. The Balaban J connectivity index is 3.80. The van der Waals surface area contributed by atoms with Crippen molar-refractivity contribution in [2.75, 3.05) is 18.2 Å². The smallest absolute Gasteiger partial charge is 0.212 e. The van der Waals surface area contributed by atoms with Gasteiger partial charge in [0.2, 0.25) is 10.0 Å². The number of hydrogen-bond donors (Lipinski definition) is 1. The normalized spacial score (nSPS) is 10.4. The van der Waals surface area contributed by atoms with Crippen LogP contribution in [0.25, 0.3) is 0 Å². The summed E-state index contributed by atoms with van der Waals surface area (Å²) < 4.78 is 24.0. The summed E-state index contributed by atoms with van der Waals surface area (Å²) in [6, 6.07) is 0. The number of rotatable bonds is 4. The molecule has 0 aliphatic carbocycles. The Kier molecular flexibility index (Phi) is 5.30. The summed E-state index contributed by atoms with van der Waals surface area (Å²) in [7, 11) is -3.19. The molecule has 0 aromatic heterocycles. The molecular weight excluding hydrogens is 186 g/mol. The Hall–Kier alpha value is -0.240. The molecule has 0 radical (unpaired) electrons. The molecule has 1 N–H and O–H groups in total. The summed E-state index contributed by atoms with van der Waals surface area (Å²) in [6.45, 7) is 1.81. The van der Waals surface area contributed by atoms with E-state index in [1.54, 1.807) is 6.92 Å². The summed E-state index contributed by atoms with van der Waals surface area (Å²) in [6.07, 6.45) is 0. The standard InChI is InChI=1S/C6H10ClNO2S/c1-2-3-5-8-11(9,10)6-4-7/h8H,4-6H2,1H3. The van der Waals surface area contributed by atoms with E-state index in [4.69, 9.17) is 11.6 Å². The maximum absolute atomic E-state index is 10.8. The van der Waals surface area contributed by atoms with Crippen LogP contribution in [0.4, 0.5) is 0 Å². The van der Waals surface area contributed by atoms with Gasteiger partial charge in [0.1, 0.15) is 0 Å². The maximum Gasteiger partial charge on any atom is 0.213 e. The SMILES string of the molecule is CC#CCNS(=O)(=O)CCCl. The van der Waals surface area contributed by atoms with Crippen molar-refractivity contribution in [3.8, 4) is 11.8 Å². The minimum atomic E-state index is -3.19. The van der Waals surface area contributed by atoms with Crippen LogP contribution in [0.2, 0.25) is 0 Å². The van der Waals surface area contributed by atoms with Crippen molar-refractivity contribution in [3.05, 3.63) is 0 Å². The average molecular weight is 196 g/mol. The van der Waals surface area contributed by atoms with Gasteiger partial charge in [0.15, 0.2) is 0 Å². The van der Waals surface area contributed by atoms with E-state index in [0.717, 1.165) is 0 Å². The molecule has 0 saturated heterocycles. The molecular formula is C6H10ClNO2S. The van der Waals surface area contributed by atoms with Crippen molar-refractivity contribution in [1.82, 2.24) is 4.72 Å². The first-order chi connectivity index (χ1) is 5.12. The molecule has 3 nitrogen and oxygen atoms in total. The minimum absolute atomic E-state index is 0.0556. The van der Waals surface area contributed by atoms with Crippen LogP contribution in [-0.2, 0) is 10.0 Å². The molecule has 0 aromatic carbocycles. The zero-order valence-corrected chi connectivity index (χ0v) is 7.80. The third kappa shape index (κ3) is 6.17. The Morgan fingerprint density at radius 1 is 1.55 bits per heavy atom. The fraction of sp³-hybridized carbons (Fsp3) is 0.667. The van der Waals surface area contributed by atoms with Gasteiger partial charge in [0, 0.05) is 5.88 Å². The largest absolute Gasteiger partial charge is 0.213 e. The van der Waals surface area contributed by atoms with Crippen LogP contribution < -0.4 is 4.72 Å². The number of halogens is 1. The second-order valence-corrected chi connectivity index (χ2v) is 4.06. The predicted molar refractivity (Wildman–Crippen MR) is 46.0 cm³/mol. The van der Waals surface area contributed by atoms with E-state index in [9.17, 15) is 8.42 Å². The highest BCUT2D eigenvalue weighted by atomic mass is 35.5. The topological polar surface area (TPSA) is 46.2 Å². The first kappa shape index (κ1) is 10.8. The molecule has 0 amide bonds. The van der Waals surface area contributed by atoms with Gasteiger partial charge in [-0.1, -0.05) is 5.92 Å². The summed E-state index contributed by atoms with van der Waals surface area (Å²) >= 11 is 5.24. The zero-order valence-electron chi connectivity index (χ0n) is 6.22. The minimum Gasteiger partial charge on any atom is -0.212 e. The Bertz CT molecular complexity index is 249. The molecule has 11 heavy (non-hydrogen) atoms. The molecule has 0 rings (SSSR count). The molecule has 0 aromatic rings. The van der Waals surface area contributed by atoms with Gasteiger partial charge in [0.25, 0.3) is 0 Å². The summed E-state index contributed by atoms with van der Waals surface area (Å²) in [5.41, 5.74) is 0. The molecule has 64 valence electrons.